The molecule has 2 N–H and O–H groups in total. The van der Waals surface area contributed by atoms with E-state index < -0.39 is 6.04 Å². The average molecular weight is 538 g/mol. The van der Waals surface area contributed by atoms with Crippen LogP contribution < -0.4 is 10.6 Å². The molecule has 0 spiro atoms. The molecule has 39 heavy (non-hydrogen) atoms. The monoisotopic (exact) mass is 537 g/mol. The Morgan fingerprint density at radius 2 is 1.54 bits per heavy atom. The first kappa shape index (κ1) is 32.2. The zero-order chi connectivity index (χ0) is 28.6. The largest absolute Gasteiger partial charge is 0.379 e. The lowest BCUT2D eigenvalue weighted by molar-refractivity contribution is -0.120. The molecule has 2 aromatic carbocycles. The van der Waals surface area contributed by atoms with Crippen LogP contribution in [0.15, 0.2) is 54.6 Å². The van der Waals surface area contributed by atoms with Gasteiger partial charge in [-0.25, -0.2) is 0 Å². The maximum atomic E-state index is 13.3. The summed E-state index contributed by atoms with van der Waals surface area (Å²) in [6, 6.07) is 16.2. The van der Waals surface area contributed by atoms with Gasteiger partial charge in [-0.1, -0.05) is 50.2 Å². The number of benzene rings is 2. The van der Waals surface area contributed by atoms with E-state index in [2.05, 4.69) is 10.6 Å². The number of Topliss-reactive ketones (excluding diaryl/α,β-unsaturated/α-hetero) is 1. The Morgan fingerprint density at radius 1 is 0.872 bits per heavy atom. The highest BCUT2D eigenvalue weighted by Gasteiger charge is 2.23. The summed E-state index contributed by atoms with van der Waals surface area (Å²) in [5, 5.41) is 6.23. The van der Waals surface area contributed by atoms with Gasteiger partial charge in [-0.15, -0.1) is 0 Å². The fourth-order valence-electron chi connectivity index (χ4n) is 4.32. The first-order valence-electron chi connectivity index (χ1n) is 14.4. The number of carbonyl (C=O) groups excluding carboxylic acids is 3. The van der Waals surface area contributed by atoms with Gasteiger partial charge >= 0.3 is 0 Å². The first-order valence-corrected chi connectivity index (χ1v) is 14.4. The Balaban J connectivity index is 2.10. The molecule has 2 atom stereocenters. The van der Waals surface area contributed by atoms with Crippen molar-refractivity contribution in [1.29, 1.82) is 0 Å². The van der Waals surface area contributed by atoms with Gasteiger partial charge in [0.1, 0.15) is 0 Å². The highest BCUT2D eigenvalue weighted by Crippen LogP contribution is 2.12. The normalized spacial score (nSPS) is 12.7. The lowest BCUT2D eigenvalue weighted by Gasteiger charge is -2.22. The third kappa shape index (κ3) is 11.7. The Morgan fingerprint density at radius 3 is 2.18 bits per heavy atom. The topological polar surface area (TPSA) is 87.7 Å². The summed E-state index contributed by atoms with van der Waals surface area (Å²) in [5.41, 5.74) is 1.96. The average Bonchev–Trinajstić information content (AvgIpc) is 2.93. The quantitative estimate of drug-likeness (QED) is 0.278. The van der Waals surface area contributed by atoms with Crippen LogP contribution in [0.4, 0.5) is 0 Å². The van der Waals surface area contributed by atoms with Gasteiger partial charge in [-0.05, 0) is 76.6 Å². The van der Waals surface area contributed by atoms with Crippen molar-refractivity contribution < 1.29 is 19.1 Å². The minimum absolute atomic E-state index is 0.0693. The van der Waals surface area contributed by atoms with Crippen LogP contribution in [0, 0.1) is 0 Å². The first-order chi connectivity index (χ1) is 18.7. The second kappa shape index (κ2) is 17.5. The van der Waals surface area contributed by atoms with E-state index in [1.807, 2.05) is 69.9 Å². The SMILES string of the molecule is CCCN(CCC)C(=O)c1cccc(C(=O)N[C@@H](CCc2ccccc2)C(=O)CNC(C)CCOC(C)C)c1. The second-order valence-electron chi connectivity index (χ2n) is 10.4. The van der Waals surface area contributed by atoms with E-state index in [4.69, 9.17) is 4.74 Å². The molecule has 0 saturated heterocycles. The Labute approximate surface area is 234 Å². The lowest BCUT2D eigenvalue weighted by atomic mass is 10.0. The number of hydrogen-bond acceptors (Lipinski definition) is 5. The summed E-state index contributed by atoms with van der Waals surface area (Å²) >= 11 is 0. The van der Waals surface area contributed by atoms with Crippen LogP contribution in [0.25, 0.3) is 0 Å². The molecule has 2 aromatic rings. The summed E-state index contributed by atoms with van der Waals surface area (Å²) in [5.74, 6) is -0.503. The number of amides is 2. The summed E-state index contributed by atoms with van der Waals surface area (Å²) in [6.07, 6.45) is 3.85. The molecule has 7 heteroatoms. The van der Waals surface area contributed by atoms with Crippen molar-refractivity contribution in [1.82, 2.24) is 15.5 Å². The molecule has 0 radical (unpaired) electrons. The lowest BCUT2D eigenvalue weighted by Crippen LogP contribution is -2.46. The molecule has 0 heterocycles. The zero-order valence-corrected chi connectivity index (χ0v) is 24.4. The summed E-state index contributed by atoms with van der Waals surface area (Å²) < 4.78 is 5.62. The highest BCUT2D eigenvalue weighted by atomic mass is 16.5. The number of nitrogens with one attached hydrogen (secondary N) is 2. The van der Waals surface area contributed by atoms with Crippen molar-refractivity contribution in [2.45, 2.75) is 84.9 Å². The molecule has 0 aliphatic rings. The molecule has 214 valence electrons. The Hall–Kier alpha value is -3.03. The predicted molar refractivity (Wildman–Crippen MR) is 157 cm³/mol. The molecule has 0 saturated carbocycles. The predicted octanol–water partition coefficient (Wildman–Crippen LogP) is 5.04. The molecule has 1 unspecified atom stereocenters. The number of ether oxygens (including phenoxy) is 1. The third-order valence-corrected chi connectivity index (χ3v) is 6.53. The van der Waals surface area contributed by atoms with Crippen molar-refractivity contribution in [3.05, 3.63) is 71.3 Å². The van der Waals surface area contributed by atoms with Crippen LogP contribution in [0.5, 0.6) is 0 Å². The molecule has 0 bridgehead atoms. The van der Waals surface area contributed by atoms with Gasteiger partial charge < -0.3 is 20.3 Å². The number of carbonyl (C=O) groups is 3. The smallest absolute Gasteiger partial charge is 0.253 e. The molecular formula is C32H47N3O4. The van der Waals surface area contributed by atoms with E-state index in [-0.39, 0.29) is 36.3 Å². The molecular weight excluding hydrogens is 490 g/mol. The van der Waals surface area contributed by atoms with Crippen molar-refractivity contribution in [2.24, 2.45) is 0 Å². The zero-order valence-electron chi connectivity index (χ0n) is 24.4. The molecule has 0 aliphatic heterocycles. The van der Waals surface area contributed by atoms with E-state index >= 15 is 0 Å². The van der Waals surface area contributed by atoms with Crippen molar-refractivity contribution in [2.75, 3.05) is 26.2 Å². The van der Waals surface area contributed by atoms with Gasteiger partial charge in [0.15, 0.2) is 5.78 Å². The standard InChI is InChI=1S/C32H47N3O4/c1-6-19-35(20-7-2)32(38)28-15-11-14-27(22-28)31(37)34-29(17-16-26-12-9-8-10-13-26)30(36)23-33-25(5)18-21-39-24(3)4/h8-15,22,24-25,29,33H,6-7,16-21,23H2,1-5H3,(H,34,37)/t25?,29-/m0/s1. The molecule has 2 amide bonds. The van der Waals surface area contributed by atoms with Crippen LogP contribution in [-0.2, 0) is 16.0 Å². The molecule has 0 fully saturated rings. The number of rotatable bonds is 18. The van der Waals surface area contributed by atoms with E-state index in [9.17, 15) is 14.4 Å². The number of ketones is 1. The highest BCUT2D eigenvalue weighted by molar-refractivity contribution is 6.01. The van der Waals surface area contributed by atoms with Crippen LogP contribution in [0.2, 0.25) is 0 Å². The van der Waals surface area contributed by atoms with Crippen molar-refractivity contribution >= 4 is 17.6 Å². The van der Waals surface area contributed by atoms with E-state index in [1.54, 1.807) is 24.3 Å². The Bertz CT molecular complexity index is 1020. The summed E-state index contributed by atoms with van der Waals surface area (Å²) in [4.78, 5) is 41.4. The summed E-state index contributed by atoms with van der Waals surface area (Å²) in [7, 11) is 0. The van der Waals surface area contributed by atoms with Crippen LogP contribution in [-0.4, -0.2) is 66.9 Å². The van der Waals surface area contributed by atoms with E-state index in [1.165, 1.54) is 0 Å². The molecule has 0 aliphatic carbocycles. The van der Waals surface area contributed by atoms with E-state index in [0.29, 0.717) is 43.7 Å². The van der Waals surface area contributed by atoms with E-state index in [0.717, 1.165) is 24.8 Å². The van der Waals surface area contributed by atoms with Crippen molar-refractivity contribution in [3.63, 3.8) is 0 Å². The van der Waals surface area contributed by atoms with Gasteiger partial charge in [-0.3, -0.25) is 14.4 Å². The third-order valence-electron chi connectivity index (χ3n) is 6.53. The van der Waals surface area contributed by atoms with Gasteiger partial charge in [-0.2, -0.15) is 0 Å². The number of hydrogen-bond donors (Lipinski definition) is 2. The molecule has 0 aromatic heterocycles. The van der Waals surface area contributed by atoms with Crippen LogP contribution >= 0.6 is 0 Å². The summed E-state index contributed by atoms with van der Waals surface area (Å²) in [6.45, 7) is 12.2. The second-order valence-corrected chi connectivity index (χ2v) is 10.4. The minimum atomic E-state index is -0.652. The van der Waals surface area contributed by atoms with Crippen LogP contribution in [0.3, 0.4) is 0 Å². The fraction of sp³-hybridized carbons (Fsp3) is 0.531. The maximum Gasteiger partial charge on any atom is 0.253 e. The maximum absolute atomic E-state index is 13.3. The van der Waals surface area contributed by atoms with Gasteiger partial charge in [0.25, 0.3) is 11.8 Å². The fourth-order valence-corrected chi connectivity index (χ4v) is 4.32. The number of aryl methyl sites for hydroxylation is 1. The van der Waals surface area contributed by atoms with Gasteiger partial charge in [0.05, 0.1) is 18.7 Å². The van der Waals surface area contributed by atoms with Crippen LogP contribution in [0.1, 0.15) is 86.6 Å². The van der Waals surface area contributed by atoms with Crippen molar-refractivity contribution in [3.8, 4) is 0 Å². The molecule has 2 rings (SSSR count). The van der Waals surface area contributed by atoms with Gasteiger partial charge in [0, 0.05) is 36.9 Å². The minimum Gasteiger partial charge on any atom is -0.379 e. The Kier molecular flexibility index (Phi) is 14.5. The molecule has 7 nitrogen and oxygen atoms in total. The van der Waals surface area contributed by atoms with Gasteiger partial charge in [0.2, 0.25) is 0 Å². The number of nitrogens with zero attached hydrogens (tertiary/aromatic N) is 1.